The Kier molecular flexibility index (Phi) is 7.59. The maximum atomic E-state index is 11.8. The lowest BCUT2D eigenvalue weighted by Crippen LogP contribution is -2.38. The summed E-state index contributed by atoms with van der Waals surface area (Å²) in [5.74, 6) is -0.832. The van der Waals surface area contributed by atoms with Crippen LogP contribution in [0.15, 0.2) is 78.9 Å². The molecule has 27 heavy (non-hydrogen) atoms. The van der Waals surface area contributed by atoms with Crippen LogP contribution in [0.4, 0.5) is 0 Å². The maximum absolute atomic E-state index is 11.8. The van der Waals surface area contributed by atoms with Gasteiger partial charge in [-0.1, -0.05) is 84.4 Å². The van der Waals surface area contributed by atoms with Crippen molar-refractivity contribution < 1.29 is 9.90 Å². The van der Waals surface area contributed by atoms with Crippen LogP contribution in [0.25, 0.3) is 11.1 Å². The highest BCUT2D eigenvalue weighted by atomic mass is 35.5. The van der Waals surface area contributed by atoms with Gasteiger partial charge in [-0.3, -0.25) is 4.79 Å². The van der Waals surface area contributed by atoms with E-state index in [1.54, 1.807) is 0 Å². The van der Waals surface area contributed by atoms with Gasteiger partial charge in [-0.2, -0.15) is 0 Å². The highest BCUT2D eigenvalue weighted by Gasteiger charge is 2.19. The van der Waals surface area contributed by atoms with Crippen LogP contribution >= 0.6 is 12.4 Å². The molecule has 3 nitrogen and oxygen atoms in total. The molecule has 0 radical (unpaired) electrons. The quantitative estimate of drug-likeness (QED) is 0.613. The minimum absolute atomic E-state index is 0. The van der Waals surface area contributed by atoms with Crippen molar-refractivity contribution in [2.75, 3.05) is 0 Å². The number of benzene rings is 3. The number of rotatable bonds is 7. The molecule has 0 amide bonds. The summed E-state index contributed by atoms with van der Waals surface area (Å²) in [5, 5.41) is 12.9. The normalized spacial score (nSPS) is 11.4. The van der Waals surface area contributed by atoms with Crippen LogP contribution < -0.4 is 5.32 Å². The Morgan fingerprint density at radius 2 is 1.59 bits per heavy atom. The summed E-state index contributed by atoms with van der Waals surface area (Å²) < 4.78 is 0. The Morgan fingerprint density at radius 1 is 0.963 bits per heavy atom. The van der Waals surface area contributed by atoms with Gasteiger partial charge in [-0.25, -0.2) is 0 Å². The summed E-state index contributed by atoms with van der Waals surface area (Å²) in [6.07, 6.45) is 0.439. The standard InChI is InChI=1S/C23H23NO2.ClH/c1-17-12-13-21(19-10-6-3-7-11-19)20(14-17)15-22(23(25)26)24-16-18-8-4-2-5-9-18;/h2-14,22,24H,15-16H2,1H3,(H,25,26);1H/t22-;/m0./s1. The molecule has 3 rings (SSSR count). The zero-order valence-corrected chi connectivity index (χ0v) is 16.1. The third-order valence-corrected chi connectivity index (χ3v) is 4.46. The first-order chi connectivity index (χ1) is 12.6. The van der Waals surface area contributed by atoms with Crippen LogP contribution in [0.1, 0.15) is 16.7 Å². The molecule has 0 aliphatic rings. The lowest BCUT2D eigenvalue weighted by molar-refractivity contribution is -0.139. The van der Waals surface area contributed by atoms with Gasteiger partial charge in [0.25, 0.3) is 0 Å². The second-order valence-electron chi connectivity index (χ2n) is 6.49. The van der Waals surface area contributed by atoms with Crippen LogP contribution in [-0.2, 0) is 17.8 Å². The Bertz CT molecular complexity index is 866. The first kappa shape index (κ1) is 20.7. The average Bonchev–Trinajstić information content (AvgIpc) is 2.66. The summed E-state index contributed by atoms with van der Waals surface area (Å²) in [7, 11) is 0. The van der Waals surface area contributed by atoms with Crippen molar-refractivity contribution in [2.24, 2.45) is 0 Å². The zero-order valence-electron chi connectivity index (χ0n) is 15.3. The fraction of sp³-hybridized carbons (Fsp3) is 0.174. The van der Waals surface area contributed by atoms with E-state index in [0.29, 0.717) is 13.0 Å². The van der Waals surface area contributed by atoms with E-state index in [1.807, 2.05) is 55.5 Å². The Labute approximate surface area is 166 Å². The largest absolute Gasteiger partial charge is 0.480 e. The molecule has 0 unspecified atom stereocenters. The van der Waals surface area contributed by atoms with Crippen molar-refractivity contribution in [2.45, 2.75) is 25.9 Å². The number of halogens is 1. The van der Waals surface area contributed by atoms with Crippen LogP contribution in [-0.4, -0.2) is 17.1 Å². The highest BCUT2D eigenvalue weighted by Crippen LogP contribution is 2.26. The van der Waals surface area contributed by atoms with Crippen LogP contribution in [0.2, 0.25) is 0 Å². The van der Waals surface area contributed by atoms with Gasteiger partial charge >= 0.3 is 5.97 Å². The van der Waals surface area contributed by atoms with Crippen LogP contribution in [0.5, 0.6) is 0 Å². The predicted octanol–water partition coefficient (Wildman–Crippen LogP) is 4.87. The van der Waals surface area contributed by atoms with E-state index in [1.165, 1.54) is 0 Å². The van der Waals surface area contributed by atoms with Crippen LogP contribution in [0.3, 0.4) is 0 Å². The number of carbonyl (C=O) groups is 1. The van der Waals surface area contributed by atoms with Gasteiger partial charge in [-0.15, -0.1) is 12.4 Å². The monoisotopic (exact) mass is 381 g/mol. The molecule has 140 valence electrons. The first-order valence-corrected chi connectivity index (χ1v) is 8.78. The summed E-state index contributed by atoms with van der Waals surface area (Å²) in [5.41, 5.74) is 5.45. The Morgan fingerprint density at radius 3 is 2.22 bits per heavy atom. The maximum Gasteiger partial charge on any atom is 0.321 e. The van der Waals surface area contributed by atoms with Gasteiger partial charge in [0.05, 0.1) is 0 Å². The molecule has 3 aromatic rings. The number of hydrogen-bond acceptors (Lipinski definition) is 2. The smallest absolute Gasteiger partial charge is 0.321 e. The van der Waals surface area contributed by atoms with E-state index in [-0.39, 0.29) is 12.4 Å². The SMILES string of the molecule is Cc1ccc(-c2ccccc2)c(C[C@H](NCc2ccccc2)C(=O)O)c1.Cl. The molecule has 0 bridgehead atoms. The van der Waals surface area contributed by atoms with E-state index < -0.39 is 12.0 Å². The molecule has 0 aromatic heterocycles. The number of carboxylic acids is 1. The molecule has 3 aromatic carbocycles. The fourth-order valence-corrected chi connectivity index (χ4v) is 3.09. The molecule has 0 heterocycles. The van der Waals surface area contributed by atoms with E-state index in [9.17, 15) is 9.90 Å². The number of carboxylic acid groups (broad SMARTS) is 1. The van der Waals surface area contributed by atoms with Gasteiger partial charge in [0.1, 0.15) is 6.04 Å². The summed E-state index contributed by atoms with van der Waals surface area (Å²) in [6.45, 7) is 2.57. The van der Waals surface area contributed by atoms with Crippen molar-refractivity contribution in [1.29, 1.82) is 0 Å². The molecule has 0 saturated carbocycles. The van der Waals surface area contributed by atoms with Gasteiger partial charge in [-0.05, 0) is 35.6 Å². The van der Waals surface area contributed by atoms with Gasteiger partial charge in [0.2, 0.25) is 0 Å². The lowest BCUT2D eigenvalue weighted by atomic mass is 9.93. The van der Waals surface area contributed by atoms with E-state index in [0.717, 1.165) is 27.8 Å². The van der Waals surface area contributed by atoms with Crippen molar-refractivity contribution >= 4 is 18.4 Å². The van der Waals surface area contributed by atoms with Crippen LogP contribution in [0, 0.1) is 6.92 Å². The molecule has 1 atom stereocenters. The summed E-state index contributed by atoms with van der Waals surface area (Å²) in [6, 6.07) is 25.6. The van der Waals surface area contributed by atoms with E-state index in [4.69, 9.17) is 0 Å². The number of hydrogen-bond donors (Lipinski definition) is 2. The molecule has 0 spiro atoms. The molecule has 0 aliphatic carbocycles. The second-order valence-corrected chi connectivity index (χ2v) is 6.49. The Hall–Kier alpha value is -2.62. The molecule has 0 fully saturated rings. The highest BCUT2D eigenvalue weighted by molar-refractivity contribution is 5.85. The molecule has 0 saturated heterocycles. The Balaban J connectivity index is 0.00000261. The third kappa shape index (κ3) is 5.68. The van der Waals surface area contributed by atoms with Gasteiger partial charge in [0, 0.05) is 6.54 Å². The molecular weight excluding hydrogens is 358 g/mol. The molecule has 2 N–H and O–H groups in total. The minimum atomic E-state index is -0.832. The molecular formula is C23H24ClNO2. The van der Waals surface area contributed by atoms with Crippen molar-refractivity contribution in [1.82, 2.24) is 5.32 Å². The van der Waals surface area contributed by atoms with Gasteiger partial charge in [0.15, 0.2) is 0 Å². The average molecular weight is 382 g/mol. The topological polar surface area (TPSA) is 49.3 Å². The predicted molar refractivity (Wildman–Crippen MR) is 112 cm³/mol. The van der Waals surface area contributed by atoms with Crippen molar-refractivity contribution in [3.8, 4) is 11.1 Å². The first-order valence-electron chi connectivity index (χ1n) is 8.78. The summed E-state index contributed by atoms with van der Waals surface area (Å²) >= 11 is 0. The van der Waals surface area contributed by atoms with E-state index >= 15 is 0 Å². The van der Waals surface area contributed by atoms with Crippen molar-refractivity contribution in [3.63, 3.8) is 0 Å². The molecule has 4 heteroatoms. The number of aliphatic carboxylic acids is 1. The second kappa shape index (κ2) is 9.91. The van der Waals surface area contributed by atoms with Gasteiger partial charge < -0.3 is 10.4 Å². The lowest BCUT2D eigenvalue weighted by Gasteiger charge is -2.18. The zero-order chi connectivity index (χ0) is 18.4. The number of nitrogens with one attached hydrogen (secondary N) is 1. The third-order valence-electron chi connectivity index (χ3n) is 4.46. The molecule has 0 aliphatic heterocycles. The number of aryl methyl sites for hydroxylation is 1. The fourth-order valence-electron chi connectivity index (χ4n) is 3.09. The minimum Gasteiger partial charge on any atom is -0.480 e. The van der Waals surface area contributed by atoms with E-state index in [2.05, 4.69) is 35.6 Å². The van der Waals surface area contributed by atoms with Crippen molar-refractivity contribution in [3.05, 3.63) is 95.6 Å². The summed E-state index contributed by atoms with van der Waals surface area (Å²) in [4.78, 5) is 11.8.